The number of aryl methyl sites for hydroxylation is 1. The Morgan fingerprint density at radius 3 is 2.93 bits per heavy atom. The van der Waals surface area contributed by atoms with Crippen molar-refractivity contribution in [3.05, 3.63) is 66.9 Å². The second kappa shape index (κ2) is 8.68. The quantitative estimate of drug-likeness (QED) is 0.714. The van der Waals surface area contributed by atoms with Gasteiger partial charge in [0.1, 0.15) is 17.9 Å². The van der Waals surface area contributed by atoms with Crippen LogP contribution >= 0.6 is 0 Å². The van der Waals surface area contributed by atoms with Crippen LogP contribution in [0.15, 0.2) is 61.2 Å². The number of nitrogens with one attached hydrogen (secondary N) is 1. The van der Waals surface area contributed by atoms with Crippen molar-refractivity contribution in [1.29, 1.82) is 0 Å². The minimum Gasteiger partial charge on any atom is -0.454 e. The monoisotopic (exact) mass is 389 g/mol. The molecule has 1 atom stereocenters. The molecule has 1 amide bonds. The first-order valence-corrected chi connectivity index (χ1v) is 9.70. The summed E-state index contributed by atoms with van der Waals surface area (Å²) < 4.78 is 5.90. The SMILES string of the molecule is Cc1cc(N2CCC[C@H](C(=O)Nc3ccccc3Oc3cccnc3)C2)ncn1. The number of hydrogen-bond acceptors (Lipinski definition) is 6. The average molecular weight is 389 g/mol. The third-order valence-corrected chi connectivity index (χ3v) is 4.91. The standard InChI is InChI=1S/C22H23N5O2/c1-16-12-21(25-15-24-16)27-11-5-6-17(14-27)22(28)26-19-8-2-3-9-20(19)29-18-7-4-10-23-13-18/h2-4,7-10,12-13,15,17H,5-6,11,14H2,1H3,(H,26,28)/t17-/m0/s1. The number of nitrogens with zero attached hydrogens (tertiary/aromatic N) is 4. The molecule has 7 heteroatoms. The zero-order chi connectivity index (χ0) is 20.1. The minimum atomic E-state index is -0.120. The number of amides is 1. The molecule has 1 fully saturated rings. The van der Waals surface area contributed by atoms with Gasteiger partial charge in [-0.05, 0) is 44.0 Å². The van der Waals surface area contributed by atoms with Crippen LogP contribution in [0.5, 0.6) is 11.5 Å². The lowest BCUT2D eigenvalue weighted by atomic mass is 9.97. The number of piperidine rings is 1. The first-order valence-electron chi connectivity index (χ1n) is 9.70. The molecule has 29 heavy (non-hydrogen) atoms. The van der Waals surface area contributed by atoms with Crippen molar-refractivity contribution in [2.75, 3.05) is 23.3 Å². The molecule has 148 valence electrons. The van der Waals surface area contributed by atoms with Gasteiger partial charge in [-0.2, -0.15) is 0 Å². The van der Waals surface area contributed by atoms with Crippen LogP contribution in [0.2, 0.25) is 0 Å². The highest BCUT2D eigenvalue weighted by molar-refractivity contribution is 5.94. The van der Waals surface area contributed by atoms with E-state index in [1.807, 2.05) is 49.4 Å². The molecule has 1 N–H and O–H groups in total. The molecule has 1 aliphatic heterocycles. The maximum absolute atomic E-state index is 13.0. The molecule has 3 heterocycles. The molecule has 0 unspecified atom stereocenters. The normalized spacial score (nSPS) is 16.3. The van der Waals surface area contributed by atoms with Crippen molar-refractivity contribution >= 4 is 17.4 Å². The smallest absolute Gasteiger partial charge is 0.229 e. The zero-order valence-corrected chi connectivity index (χ0v) is 16.3. The number of carbonyl (C=O) groups is 1. The van der Waals surface area contributed by atoms with Gasteiger partial charge in [0.05, 0.1) is 17.8 Å². The van der Waals surface area contributed by atoms with E-state index < -0.39 is 0 Å². The fraction of sp³-hybridized carbons (Fsp3) is 0.273. The molecule has 4 rings (SSSR count). The Kier molecular flexibility index (Phi) is 5.65. The molecule has 0 spiro atoms. The van der Waals surface area contributed by atoms with E-state index in [-0.39, 0.29) is 11.8 Å². The number of anilines is 2. The fourth-order valence-corrected chi connectivity index (χ4v) is 3.44. The largest absolute Gasteiger partial charge is 0.454 e. The predicted octanol–water partition coefficient (Wildman–Crippen LogP) is 3.83. The lowest BCUT2D eigenvalue weighted by Crippen LogP contribution is -2.41. The van der Waals surface area contributed by atoms with Gasteiger partial charge in [-0.3, -0.25) is 9.78 Å². The van der Waals surface area contributed by atoms with Crippen molar-refractivity contribution in [3.8, 4) is 11.5 Å². The molecular weight excluding hydrogens is 366 g/mol. The predicted molar refractivity (Wildman–Crippen MR) is 111 cm³/mol. The molecule has 1 saturated heterocycles. The highest BCUT2D eigenvalue weighted by Crippen LogP contribution is 2.30. The average Bonchev–Trinajstić information content (AvgIpc) is 2.76. The molecule has 1 aliphatic rings. The van der Waals surface area contributed by atoms with Crippen molar-refractivity contribution in [1.82, 2.24) is 15.0 Å². The van der Waals surface area contributed by atoms with E-state index in [4.69, 9.17) is 4.74 Å². The van der Waals surface area contributed by atoms with E-state index in [1.165, 1.54) is 0 Å². The number of carbonyl (C=O) groups excluding carboxylic acids is 1. The summed E-state index contributed by atoms with van der Waals surface area (Å²) in [6, 6.07) is 13.0. The van der Waals surface area contributed by atoms with Gasteiger partial charge in [0, 0.05) is 31.0 Å². The molecule has 0 radical (unpaired) electrons. The molecule has 1 aromatic carbocycles. The first kappa shape index (κ1) is 18.9. The second-order valence-electron chi connectivity index (χ2n) is 7.08. The Balaban J connectivity index is 1.45. The van der Waals surface area contributed by atoms with E-state index in [9.17, 15) is 4.79 Å². The Labute approximate surface area is 169 Å². The minimum absolute atomic E-state index is 0.0114. The van der Waals surface area contributed by atoms with E-state index in [2.05, 4.69) is 25.2 Å². The van der Waals surface area contributed by atoms with Gasteiger partial charge in [0.25, 0.3) is 0 Å². The van der Waals surface area contributed by atoms with Crippen molar-refractivity contribution in [3.63, 3.8) is 0 Å². The van der Waals surface area contributed by atoms with Crippen molar-refractivity contribution < 1.29 is 9.53 Å². The molecule has 2 aromatic heterocycles. The number of para-hydroxylation sites is 2. The van der Waals surface area contributed by atoms with Crippen LogP contribution < -0.4 is 15.0 Å². The number of rotatable bonds is 5. The summed E-state index contributed by atoms with van der Waals surface area (Å²) in [4.78, 5) is 27.7. The van der Waals surface area contributed by atoms with Crippen LogP contribution in [-0.2, 0) is 4.79 Å². The van der Waals surface area contributed by atoms with Crippen LogP contribution in [0.4, 0.5) is 11.5 Å². The zero-order valence-electron chi connectivity index (χ0n) is 16.3. The topological polar surface area (TPSA) is 80.2 Å². The van der Waals surface area contributed by atoms with Crippen LogP contribution in [0.3, 0.4) is 0 Å². The summed E-state index contributed by atoms with van der Waals surface area (Å²) in [6.07, 6.45) is 6.68. The highest BCUT2D eigenvalue weighted by Gasteiger charge is 2.27. The third-order valence-electron chi connectivity index (χ3n) is 4.91. The molecule has 0 bridgehead atoms. The molecule has 0 aliphatic carbocycles. The molecular formula is C22H23N5O2. The number of pyridine rings is 1. The number of benzene rings is 1. The lowest BCUT2D eigenvalue weighted by molar-refractivity contribution is -0.120. The van der Waals surface area contributed by atoms with Crippen molar-refractivity contribution in [2.24, 2.45) is 5.92 Å². The van der Waals surface area contributed by atoms with E-state index >= 15 is 0 Å². The molecule has 7 nitrogen and oxygen atoms in total. The fourth-order valence-electron chi connectivity index (χ4n) is 3.44. The van der Waals surface area contributed by atoms with Crippen LogP contribution in [0.1, 0.15) is 18.5 Å². The Morgan fingerprint density at radius 2 is 2.10 bits per heavy atom. The summed E-state index contributed by atoms with van der Waals surface area (Å²) in [6.45, 7) is 3.47. The van der Waals surface area contributed by atoms with Crippen LogP contribution in [0.25, 0.3) is 0 Å². The second-order valence-corrected chi connectivity index (χ2v) is 7.08. The Hall–Kier alpha value is -3.48. The van der Waals surface area contributed by atoms with Gasteiger partial charge < -0.3 is 15.0 Å². The van der Waals surface area contributed by atoms with Crippen LogP contribution in [-0.4, -0.2) is 33.9 Å². The van der Waals surface area contributed by atoms with E-state index in [1.54, 1.807) is 18.7 Å². The molecule has 3 aromatic rings. The first-order chi connectivity index (χ1) is 14.2. The van der Waals surface area contributed by atoms with Gasteiger partial charge >= 0.3 is 0 Å². The summed E-state index contributed by atoms with van der Waals surface area (Å²) in [5.41, 5.74) is 1.57. The van der Waals surface area contributed by atoms with Gasteiger partial charge in [0.15, 0.2) is 5.75 Å². The summed E-state index contributed by atoms with van der Waals surface area (Å²) in [7, 11) is 0. The maximum Gasteiger partial charge on any atom is 0.229 e. The van der Waals surface area contributed by atoms with Crippen LogP contribution in [0, 0.1) is 12.8 Å². The Morgan fingerprint density at radius 1 is 1.21 bits per heavy atom. The van der Waals surface area contributed by atoms with Gasteiger partial charge in [-0.1, -0.05) is 12.1 Å². The maximum atomic E-state index is 13.0. The van der Waals surface area contributed by atoms with E-state index in [0.717, 1.165) is 30.9 Å². The van der Waals surface area contributed by atoms with Gasteiger partial charge in [0.2, 0.25) is 5.91 Å². The number of aromatic nitrogens is 3. The summed E-state index contributed by atoms with van der Waals surface area (Å²) in [5, 5.41) is 3.04. The summed E-state index contributed by atoms with van der Waals surface area (Å²) >= 11 is 0. The summed E-state index contributed by atoms with van der Waals surface area (Å²) in [5.74, 6) is 1.95. The highest BCUT2D eigenvalue weighted by atomic mass is 16.5. The van der Waals surface area contributed by atoms with E-state index in [0.29, 0.717) is 23.7 Å². The molecule has 0 saturated carbocycles. The Bertz CT molecular complexity index is 980. The van der Waals surface area contributed by atoms with Crippen molar-refractivity contribution in [2.45, 2.75) is 19.8 Å². The number of ether oxygens (including phenoxy) is 1. The van der Waals surface area contributed by atoms with Gasteiger partial charge in [-0.25, -0.2) is 9.97 Å². The third kappa shape index (κ3) is 4.68. The van der Waals surface area contributed by atoms with Gasteiger partial charge in [-0.15, -0.1) is 0 Å². The number of hydrogen-bond donors (Lipinski definition) is 1. The lowest BCUT2D eigenvalue weighted by Gasteiger charge is -2.33.